The quantitative estimate of drug-likeness (QED) is 0.752. The van der Waals surface area contributed by atoms with Gasteiger partial charge in [-0.15, -0.1) is 0 Å². The van der Waals surface area contributed by atoms with Crippen LogP contribution in [0.2, 0.25) is 0 Å². The van der Waals surface area contributed by atoms with E-state index in [9.17, 15) is 9.90 Å². The Morgan fingerprint density at radius 3 is 2.61 bits per heavy atom. The van der Waals surface area contributed by atoms with E-state index in [2.05, 4.69) is 10.6 Å². The maximum atomic E-state index is 11.6. The Labute approximate surface area is 108 Å². The fourth-order valence-electron chi connectivity index (χ4n) is 1.72. The molecule has 100 valence electrons. The van der Waals surface area contributed by atoms with Crippen molar-refractivity contribution in [3.05, 3.63) is 29.8 Å². The van der Waals surface area contributed by atoms with Crippen LogP contribution in [0.4, 0.5) is 10.5 Å². The first-order valence-electron chi connectivity index (χ1n) is 6.27. The van der Waals surface area contributed by atoms with Crippen LogP contribution in [0.3, 0.4) is 0 Å². The molecule has 0 fully saturated rings. The van der Waals surface area contributed by atoms with Gasteiger partial charge in [-0.3, -0.25) is 0 Å². The van der Waals surface area contributed by atoms with E-state index in [1.807, 2.05) is 45.0 Å². The van der Waals surface area contributed by atoms with E-state index in [1.165, 1.54) is 0 Å². The van der Waals surface area contributed by atoms with Crippen molar-refractivity contribution in [3.8, 4) is 0 Å². The fourth-order valence-corrected chi connectivity index (χ4v) is 1.72. The number of benzene rings is 1. The Kier molecular flexibility index (Phi) is 5.65. The molecule has 1 rings (SSSR count). The summed E-state index contributed by atoms with van der Waals surface area (Å²) >= 11 is 0. The number of rotatable bonds is 5. The molecular formula is C14H22N2O2. The summed E-state index contributed by atoms with van der Waals surface area (Å²) in [7, 11) is 0. The molecular weight excluding hydrogens is 228 g/mol. The lowest BCUT2D eigenvalue weighted by Crippen LogP contribution is -2.35. The van der Waals surface area contributed by atoms with Gasteiger partial charge in [0.05, 0.1) is 6.10 Å². The molecule has 1 aromatic carbocycles. The van der Waals surface area contributed by atoms with Crippen molar-refractivity contribution in [3.63, 3.8) is 0 Å². The van der Waals surface area contributed by atoms with Crippen molar-refractivity contribution in [1.29, 1.82) is 0 Å². The fraction of sp³-hybridized carbons (Fsp3) is 0.500. The number of aliphatic hydroxyl groups excluding tert-OH is 1. The van der Waals surface area contributed by atoms with Gasteiger partial charge in [-0.2, -0.15) is 0 Å². The van der Waals surface area contributed by atoms with Crippen LogP contribution in [0.25, 0.3) is 0 Å². The number of para-hydroxylation sites is 1. The third-order valence-electron chi connectivity index (χ3n) is 2.63. The highest BCUT2D eigenvalue weighted by atomic mass is 16.3. The van der Waals surface area contributed by atoms with Crippen molar-refractivity contribution in [2.24, 2.45) is 5.92 Å². The van der Waals surface area contributed by atoms with E-state index in [0.717, 1.165) is 11.3 Å². The second kappa shape index (κ2) is 7.01. The minimum absolute atomic E-state index is 0.274. The molecule has 1 atom stereocenters. The molecule has 18 heavy (non-hydrogen) atoms. The minimum Gasteiger partial charge on any atom is -0.391 e. The molecule has 4 heteroatoms. The molecule has 0 saturated heterocycles. The molecule has 0 aliphatic rings. The van der Waals surface area contributed by atoms with Crippen LogP contribution < -0.4 is 10.6 Å². The predicted octanol–water partition coefficient (Wildman–Crippen LogP) is 2.52. The van der Waals surface area contributed by atoms with E-state index >= 15 is 0 Å². The Balaban J connectivity index is 2.36. The maximum absolute atomic E-state index is 11.6. The lowest BCUT2D eigenvalue weighted by molar-refractivity contribution is 0.148. The molecule has 0 heterocycles. The summed E-state index contributed by atoms with van der Waals surface area (Å²) in [5.41, 5.74) is 1.80. The molecule has 1 unspecified atom stereocenters. The van der Waals surface area contributed by atoms with Crippen molar-refractivity contribution >= 4 is 11.7 Å². The molecule has 0 spiro atoms. The molecule has 0 radical (unpaired) electrons. The Hall–Kier alpha value is -1.55. The molecule has 1 aromatic rings. The van der Waals surface area contributed by atoms with E-state index in [0.29, 0.717) is 12.3 Å². The average molecular weight is 250 g/mol. The molecule has 0 aromatic heterocycles. The van der Waals surface area contributed by atoms with Gasteiger partial charge in [0.2, 0.25) is 0 Å². The first kappa shape index (κ1) is 14.5. The number of hydrogen-bond donors (Lipinski definition) is 3. The standard InChI is InChI=1S/C14H22N2O2/c1-10(2)8-12(17)9-15-14(18)16-13-7-5-4-6-11(13)3/h4-7,10,12,17H,8-9H2,1-3H3,(H2,15,16,18). The van der Waals surface area contributed by atoms with Gasteiger partial charge in [0.15, 0.2) is 0 Å². The summed E-state index contributed by atoms with van der Waals surface area (Å²) in [4.78, 5) is 11.6. The van der Waals surface area contributed by atoms with Gasteiger partial charge in [-0.25, -0.2) is 4.79 Å². The zero-order valence-corrected chi connectivity index (χ0v) is 11.2. The highest BCUT2D eigenvalue weighted by Crippen LogP contribution is 2.12. The third kappa shape index (κ3) is 5.19. The van der Waals surface area contributed by atoms with Gasteiger partial charge >= 0.3 is 6.03 Å². The van der Waals surface area contributed by atoms with Crippen molar-refractivity contribution in [2.45, 2.75) is 33.3 Å². The number of aliphatic hydroxyl groups is 1. The number of aryl methyl sites for hydroxylation is 1. The van der Waals surface area contributed by atoms with Crippen LogP contribution >= 0.6 is 0 Å². The largest absolute Gasteiger partial charge is 0.391 e. The van der Waals surface area contributed by atoms with Crippen molar-refractivity contribution < 1.29 is 9.90 Å². The van der Waals surface area contributed by atoms with Crippen LogP contribution in [0, 0.1) is 12.8 Å². The van der Waals surface area contributed by atoms with Crippen LogP contribution in [-0.4, -0.2) is 23.8 Å². The van der Waals surface area contributed by atoms with Gasteiger partial charge in [-0.05, 0) is 30.9 Å². The topological polar surface area (TPSA) is 61.4 Å². The smallest absolute Gasteiger partial charge is 0.319 e. The van der Waals surface area contributed by atoms with Crippen LogP contribution in [-0.2, 0) is 0 Å². The number of urea groups is 1. The van der Waals surface area contributed by atoms with Crippen LogP contribution in [0.15, 0.2) is 24.3 Å². The Bertz CT molecular complexity index is 391. The second-order valence-corrected chi connectivity index (χ2v) is 4.93. The normalized spacial score (nSPS) is 12.3. The van der Waals surface area contributed by atoms with Gasteiger partial charge < -0.3 is 15.7 Å². The van der Waals surface area contributed by atoms with E-state index in [1.54, 1.807) is 0 Å². The molecule has 0 saturated carbocycles. The summed E-state index contributed by atoms with van der Waals surface area (Å²) in [6, 6.07) is 7.29. The monoisotopic (exact) mass is 250 g/mol. The number of carbonyl (C=O) groups is 1. The molecule has 4 nitrogen and oxygen atoms in total. The highest BCUT2D eigenvalue weighted by Gasteiger charge is 2.09. The molecule has 3 N–H and O–H groups in total. The molecule has 0 bridgehead atoms. The van der Waals surface area contributed by atoms with Gasteiger partial charge in [0, 0.05) is 12.2 Å². The molecule has 0 aliphatic carbocycles. The van der Waals surface area contributed by atoms with Gasteiger partial charge in [0.1, 0.15) is 0 Å². The Morgan fingerprint density at radius 1 is 1.33 bits per heavy atom. The van der Waals surface area contributed by atoms with E-state index in [4.69, 9.17) is 0 Å². The summed E-state index contributed by atoms with van der Waals surface area (Å²) < 4.78 is 0. The predicted molar refractivity (Wildman–Crippen MR) is 73.7 cm³/mol. The number of amides is 2. The van der Waals surface area contributed by atoms with Gasteiger partial charge in [-0.1, -0.05) is 32.0 Å². The summed E-state index contributed by atoms with van der Waals surface area (Å²) in [6.45, 7) is 6.28. The van der Waals surface area contributed by atoms with Crippen molar-refractivity contribution in [2.75, 3.05) is 11.9 Å². The zero-order chi connectivity index (χ0) is 13.5. The number of anilines is 1. The number of carbonyl (C=O) groups excluding carboxylic acids is 1. The first-order valence-corrected chi connectivity index (χ1v) is 6.27. The third-order valence-corrected chi connectivity index (χ3v) is 2.63. The lowest BCUT2D eigenvalue weighted by atomic mass is 10.1. The number of nitrogens with one attached hydrogen (secondary N) is 2. The second-order valence-electron chi connectivity index (χ2n) is 4.93. The zero-order valence-electron chi connectivity index (χ0n) is 11.2. The summed E-state index contributed by atoms with van der Waals surface area (Å²) in [5.74, 6) is 0.418. The minimum atomic E-state index is -0.493. The average Bonchev–Trinajstić information content (AvgIpc) is 2.29. The SMILES string of the molecule is Cc1ccccc1NC(=O)NCC(O)CC(C)C. The maximum Gasteiger partial charge on any atom is 0.319 e. The molecule has 0 aliphatic heterocycles. The lowest BCUT2D eigenvalue weighted by Gasteiger charge is -2.14. The first-order chi connectivity index (χ1) is 8.49. The van der Waals surface area contributed by atoms with Crippen LogP contribution in [0.1, 0.15) is 25.8 Å². The van der Waals surface area contributed by atoms with Gasteiger partial charge in [0.25, 0.3) is 0 Å². The number of hydrogen-bond acceptors (Lipinski definition) is 2. The highest BCUT2D eigenvalue weighted by molar-refractivity contribution is 5.89. The molecule has 2 amide bonds. The summed E-state index contributed by atoms with van der Waals surface area (Å²) in [5, 5.41) is 15.1. The van der Waals surface area contributed by atoms with Crippen molar-refractivity contribution in [1.82, 2.24) is 5.32 Å². The van der Waals surface area contributed by atoms with Crippen LogP contribution in [0.5, 0.6) is 0 Å². The van der Waals surface area contributed by atoms with E-state index in [-0.39, 0.29) is 12.6 Å². The summed E-state index contributed by atoms with van der Waals surface area (Å²) in [6.07, 6.45) is 0.192. The Morgan fingerprint density at radius 2 is 2.00 bits per heavy atom. The van der Waals surface area contributed by atoms with E-state index < -0.39 is 6.10 Å².